The maximum absolute atomic E-state index is 12.3. The van der Waals surface area contributed by atoms with Gasteiger partial charge >= 0.3 is 0 Å². The Bertz CT molecular complexity index is 659. The van der Waals surface area contributed by atoms with Crippen LogP contribution < -0.4 is 11.1 Å². The number of rotatable bonds is 5. The number of hydrogen-bond acceptors (Lipinski definition) is 3. The molecule has 0 aromatic heterocycles. The normalized spacial score (nSPS) is 20.4. The maximum atomic E-state index is 12.3. The van der Waals surface area contributed by atoms with Gasteiger partial charge in [0.25, 0.3) is 0 Å². The lowest BCUT2D eigenvalue weighted by molar-refractivity contribution is -0.125. The average molecular weight is 326 g/mol. The monoisotopic (exact) mass is 326 g/mol. The Kier molecular flexibility index (Phi) is 5.36. The third kappa shape index (κ3) is 4.36. The molecular weight excluding hydrogens is 304 g/mol. The van der Waals surface area contributed by atoms with E-state index in [-0.39, 0.29) is 17.9 Å². The zero-order chi connectivity index (χ0) is 16.1. The Morgan fingerprint density at radius 2 is 1.83 bits per heavy atom. The molecule has 3 nitrogen and oxygen atoms in total. The lowest BCUT2D eigenvalue weighted by atomic mass is 10.1. The molecule has 2 aromatic carbocycles. The predicted molar refractivity (Wildman–Crippen MR) is 94.2 cm³/mol. The second-order valence-electron chi connectivity index (χ2n) is 6.01. The molecule has 2 aromatic rings. The SMILES string of the molecule is NC1CCC(C(=O)NCc2ccccc2Sc2ccccc2)C1. The van der Waals surface area contributed by atoms with Gasteiger partial charge < -0.3 is 11.1 Å². The summed E-state index contributed by atoms with van der Waals surface area (Å²) in [7, 11) is 0. The highest BCUT2D eigenvalue weighted by atomic mass is 32.2. The van der Waals surface area contributed by atoms with Gasteiger partial charge in [0.2, 0.25) is 5.91 Å². The first-order chi connectivity index (χ1) is 11.2. The molecule has 120 valence electrons. The molecule has 0 heterocycles. The van der Waals surface area contributed by atoms with E-state index in [1.165, 1.54) is 9.79 Å². The number of benzene rings is 2. The summed E-state index contributed by atoms with van der Waals surface area (Å²) in [5.41, 5.74) is 7.05. The predicted octanol–water partition coefficient (Wildman–Crippen LogP) is 3.58. The van der Waals surface area contributed by atoms with Crippen molar-refractivity contribution in [1.29, 1.82) is 0 Å². The second-order valence-corrected chi connectivity index (χ2v) is 7.13. The molecule has 0 bridgehead atoms. The summed E-state index contributed by atoms with van der Waals surface area (Å²) in [5.74, 6) is 0.219. The van der Waals surface area contributed by atoms with Crippen molar-refractivity contribution in [1.82, 2.24) is 5.32 Å². The van der Waals surface area contributed by atoms with Crippen molar-refractivity contribution in [3.05, 3.63) is 60.2 Å². The van der Waals surface area contributed by atoms with Crippen LogP contribution in [0.5, 0.6) is 0 Å². The standard InChI is InChI=1S/C19H22N2OS/c20-16-11-10-14(12-16)19(22)21-13-15-6-4-5-9-18(15)23-17-7-2-1-3-8-17/h1-9,14,16H,10-13,20H2,(H,21,22). The van der Waals surface area contributed by atoms with Gasteiger partial charge in [-0.25, -0.2) is 0 Å². The van der Waals surface area contributed by atoms with Gasteiger partial charge in [0.15, 0.2) is 0 Å². The molecule has 0 spiro atoms. The van der Waals surface area contributed by atoms with Gasteiger partial charge in [-0.15, -0.1) is 0 Å². The van der Waals surface area contributed by atoms with Gasteiger partial charge in [0.1, 0.15) is 0 Å². The summed E-state index contributed by atoms with van der Waals surface area (Å²) < 4.78 is 0. The third-order valence-corrected chi connectivity index (χ3v) is 5.37. The third-order valence-electron chi connectivity index (χ3n) is 4.24. The number of carbonyl (C=O) groups is 1. The Labute approximate surface area is 141 Å². The molecule has 1 saturated carbocycles. The molecule has 23 heavy (non-hydrogen) atoms. The highest BCUT2D eigenvalue weighted by molar-refractivity contribution is 7.99. The highest BCUT2D eigenvalue weighted by Crippen LogP contribution is 2.30. The van der Waals surface area contributed by atoms with Gasteiger partial charge in [-0.3, -0.25) is 4.79 Å². The summed E-state index contributed by atoms with van der Waals surface area (Å²) in [6.45, 7) is 0.570. The summed E-state index contributed by atoms with van der Waals surface area (Å²) in [5, 5.41) is 3.08. The Morgan fingerprint density at radius 1 is 1.09 bits per heavy atom. The minimum Gasteiger partial charge on any atom is -0.352 e. The Morgan fingerprint density at radius 3 is 2.57 bits per heavy atom. The molecule has 1 aliphatic rings. The van der Waals surface area contributed by atoms with Crippen LogP contribution in [0.25, 0.3) is 0 Å². The Balaban J connectivity index is 1.63. The van der Waals surface area contributed by atoms with Gasteiger partial charge in [-0.1, -0.05) is 48.2 Å². The van der Waals surface area contributed by atoms with Crippen molar-refractivity contribution in [2.75, 3.05) is 0 Å². The molecule has 3 N–H and O–H groups in total. The van der Waals surface area contributed by atoms with Crippen molar-refractivity contribution in [3.8, 4) is 0 Å². The van der Waals surface area contributed by atoms with Crippen molar-refractivity contribution in [2.45, 2.75) is 41.6 Å². The molecule has 1 amide bonds. The first-order valence-corrected chi connectivity index (χ1v) is 8.88. The van der Waals surface area contributed by atoms with E-state index in [1.807, 2.05) is 30.3 Å². The van der Waals surface area contributed by atoms with Crippen LogP contribution in [0, 0.1) is 5.92 Å². The first kappa shape index (κ1) is 16.1. The minimum absolute atomic E-state index is 0.0824. The van der Waals surface area contributed by atoms with Crippen molar-refractivity contribution in [2.24, 2.45) is 11.7 Å². The zero-order valence-electron chi connectivity index (χ0n) is 13.1. The summed E-state index contributed by atoms with van der Waals surface area (Å²) in [4.78, 5) is 14.6. The van der Waals surface area contributed by atoms with Crippen molar-refractivity contribution < 1.29 is 4.79 Å². The van der Waals surface area contributed by atoms with Crippen LogP contribution in [0.2, 0.25) is 0 Å². The zero-order valence-corrected chi connectivity index (χ0v) is 13.9. The van der Waals surface area contributed by atoms with E-state index in [1.54, 1.807) is 11.8 Å². The van der Waals surface area contributed by atoms with Crippen LogP contribution in [-0.4, -0.2) is 11.9 Å². The largest absolute Gasteiger partial charge is 0.352 e. The summed E-state index contributed by atoms with van der Waals surface area (Å²) in [6.07, 6.45) is 2.68. The molecule has 2 unspecified atom stereocenters. The van der Waals surface area contributed by atoms with Crippen LogP contribution in [0.3, 0.4) is 0 Å². The quantitative estimate of drug-likeness (QED) is 0.883. The number of hydrogen-bond donors (Lipinski definition) is 2. The molecule has 0 saturated heterocycles. The molecule has 3 rings (SSSR count). The fraction of sp³-hybridized carbons (Fsp3) is 0.316. The van der Waals surface area contributed by atoms with Gasteiger partial charge in [0.05, 0.1) is 0 Å². The first-order valence-electron chi connectivity index (χ1n) is 8.06. The molecule has 2 atom stereocenters. The fourth-order valence-corrected chi connectivity index (χ4v) is 3.91. The van der Waals surface area contributed by atoms with E-state index in [9.17, 15) is 4.79 Å². The summed E-state index contributed by atoms with van der Waals surface area (Å²) >= 11 is 1.73. The molecule has 0 radical (unpaired) electrons. The van der Waals surface area contributed by atoms with E-state index in [4.69, 9.17) is 5.73 Å². The van der Waals surface area contributed by atoms with Gasteiger partial charge in [0, 0.05) is 28.3 Å². The second kappa shape index (κ2) is 7.66. The lowest BCUT2D eigenvalue weighted by Crippen LogP contribution is -2.30. The molecule has 0 aliphatic heterocycles. The summed E-state index contributed by atoms with van der Waals surface area (Å²) in [6, 6.07) is 18.7. The van der Waals surface area contributed by atoms with Gasteiger partial charge in [-0.05, 0) is 43.0 Å². The van der Waals surface area contributed by atoms with Crippen LogP contribution in [0.15, 0.2) is 64.4 Å². The number of amides is 1. The topological polar surface area (TPSA) is 55.1 Å². The maximum Gasteiger partial charge on any atom is 0.223 e. The van der Waals surface area contributed by atoms with E-state index >= 15 is 0 Å². The van der Waals surface area contributed by atoms with Crippen LogP contribution in [0.1, 0.15) is 24.8 Å². The van der Waals surface area contributed by atoms with Crippen LogP contribution >= 0.6 is 11.8 Å². The number of carbonyl (C=O) groups excluding carboxylic acids is 1. The van der Waals surface area contributed by atoms with Gasteiger partial charge in [-0.2, -0.15) is 0 Å². The highest BCUT2D eigenvalue weighted by Gasteiger charge is 2.27. The van der Waals surface area contributed by atoms with E-state index in [2.05, 4.69) is 29.6 Å². The number of nitrogens with one attached hydrogen (secondary N) is 1. The number of nitrogens with two attached hydrogens (primary N) is 1. The average Bonchev–Trinajstić information content (AvgIpc) is 3.01. The fourth-order valence-electron chi connectivity index (χ4n) is 2.95. The minimum atomic E-state index is 0.0824. The van der Waals surface area contributed by atoms with Crippen molar-refractivity contribution >= 4 is 17.7 Å². The molecule has 1 aliphatic carbocycles. The Hall–Kier alpha value is -1.78. The van der Waals surface area contributed by atoms with E-state index < -0.39 is 0 Å². The van der Waals surface area contributed by atoms with Crippen LogP contribution in [-0.2, 0) is 11.3 Å². The molecule has 4 heteroatoms. The molecule has 1 fully saturated rings. The smallest absolute Gasteiger partial charge is 0.223 e. The van der Waals surface area contributed by atoms with E-state index in [0.29, 0.717) is 6.54 Å². The van der Waals surface area contributed by atoms with Crippen molar-refractivity contribution in [3.63, 3.8) is 0 Å². The van der Waals surface area contributed by atoms with E-state index in [0.717, 1.165) is 24.8 Å². The van der Waals surface area contributed by atoms with Crippen LogP contribution in [0.4, 0.5) is 0 Å². The molecular formula is C19H22N2OS. The lowest BCUT2D eigenvalue weighted by Gasteiger charge is -2.13.